The third kappa shape index (κ3) is 1.99. The number of nitrogens with one attached hydrogen (secondary N) is 1. The van der Waals surface area contributed by atoms with Gasteiger partial charge in [0, 0.05) is 29.7 Å². The van der Waals surface area contributed by atoms with Gasteiger partial charge in [-0.05, 0) is 42.3 Å². The van der Waals surface area contributed by atoms with E-state index in [-0.39, 0.29) is 0 Å². The highest BCUT2D eigenvalue weighted by molar-refractivity contribution is 6.02. The molecule has 106 valence electrons. The fraction of sp³-hybridized carbons (Fsp3) is 0.0526. The minimum atomic E-state index is 1.00. The van der Waals surface area contributed by atoms with Gasteiger partial charge in [-0.1, -0.05) is 24.3 Å². The van der Waals surface area contributed by atoms with Gasteiger partial charge in [0.05, 0.1) is 16.7 Å². The molecule has 4 rings (SSSR count). The fourth-order valence-corrected chi connectivity index (χ4v) is 2.87. The smallest absolute Gasteiger partial charge is 0.0963 e. The summed E-state index contributed by atoms with van der Waals surface area (Å²) in [4.78, 5) is 12.2. The molecule has 0 saturated heterocycles. The normalized spacial score (nSPS) is 11.0. The maximum absolute atomic E-state index is 4.60. The number of hydrogen-bond donors (Lipinski definition) is 1. The molecule has 3 nitrogen and oxygen atoms in total. The Balaban J connectivity index is 2.10. The Bertz CT molecular complexity index is 939. The molecule has 0 aliphatic carbocycles. The van der Waals surface area contributed by atoms with Crippen molar-refractivity contribution in [3.8, 4) is 22.4 Å². The molecule has 0 radical (unpaired) electrons. The van der Waals surface area contributed by atoms with Crippen LogP contribution in [0.1, 0.15) is 5.56 Å². The maximum Gasteiger partial charge on any atom is 0.0963 e. The van der Waals surface area contributed by atoms with E-state index in [1.54, 1.807) is 0 Å². The quantitative estimate of drug-likeness (QED) is 0.584. The van der Waals surface area contributed by atoms with Gasteiger partial charge in [-0.15, -0.1) is 0 Å². The van der Waals surface area contributed by atoms with Crippen molar-refractivity contribution < 1.29 is 0 Å². The van der Waals surface area contributed by atoms with Crippen molar-refractivity contribution in [3.05, 3.63) is 72.7 Å². The van der Waals surface area contributed by atoms with Crippen LogP contribution in [0, 0.1) is 6.92 Å². The third-order valence-corrected chi connectivity index (χ3v) is 3.94. The Kier molecular flexibility index (Phi) is 2.97. The number of H-pyrrole nitrogens is 1. The summed E-state index contributed by atoms with van der Waals surface area (Å²) in [6.07, 6.45) is 5.47. The molecule has 0 saturated carbocycles. The molecular formula is C19H15N3. The van der Waals surface area contributed by atoms with E-state index in [0.717, 1.165) is 27.9 Å². The van der Waals surface area contributed by atoms with Crippen molar-refractivity contribution in [2.75, 3.05) is 0 Å². The summed E-state index contributed by atoms with van der Waals surface area (Å²) in [5, 5.41) is 0. The minimum Gasteiger partial charge on any atom is -0.353 e. The SMILES string of the molecule is Cc1ccccc1-c1c(-c2ccncc2)[nH]c2cccnc12. The second kappa shape index (κ2) is 5.11. The number of pyridine rings is 2. The van der Waals surface area contributed by atoms with Crippen LogP contribution in [-0.2, 0) is 0 Å². The van der Waals surface area contributed by atoms with Crippen molar-refractivity contribution in [1.82, 2.24) is 15.0 Å². The topological polar surface area (TPSA) is 41.6 Å². The van der Waals surface area contributed by atoms with Crippen molar-refractivity contribution >= 4 is 11.0 Å². The van der Waals surface area contributed by atoms with Crippen molar-refractivity contribution in [2.45, 2.75) is 6.92 Å². The Labute approximate surface area is 128 Å². The van der Waals surface area contributed by atoms with Crippen LogP contribution in [-0.4, -0.2) is 15.0 Å². The number of rotatable bonds is 2. The Morgan fingerprint density at radius 1 is 0.864 bits per heavy atom. The van der Waals surface area contributed by atoms with Crippen molar-refractivity contribution in [2.24, 2.45) is 0 Å². The molecule has 4 aromatic rings. The Hall–Kier alpha value is -2.94. The summed E-state index contributed by atoms with van der Waals surface area (Å²) < 4.78 is 0. The van der Waals surface area contributed by atoms with Gasteiger partial charge in [0.15, 0.2) is 0 Å². The number of aromatic nitrogens is 3. The average Bonchev–Trinajstić information content (AvgIpc) is 2.95. The highest BCUT2D eigenvalue weighted by Gasteiger charge is 2.16. The van der Waals surface area contributed by atoms with E-state index in [1.165, 1.54) is 11.1 Å². The van der Waals surface area contributed by atoms with Gasteiger partial charge in [-0.2, -0.15) is 0 Å². The lowest BCUT2D eigenvalue weighted by atomic mass is 9.97. The minimum absolute atomic E-state index is 1.00. The predicted molar refractivity (Wildman–Crippen MR) is 89.5 cm³/mol. The van der Waals surface area contributed by atoms with Gasteiger partial charge in [0.25, 0.3) is 0 Å². The summed E-state index contributed by atoms with van der Waals surface area (Å²) >= 11 is 0. The van der Waals surface area contributed by atoms with Gasteiger partial charge >= 0.3 is 0 Å². The molecule has 0 unspecified atom stereocenters. The van der Waals surface area contributed by atoms with Gasteiger partial charge in [0.1, 0.15) is 0 Å². The first-order valence-corrected chi connectivity index (χ1v) is 7.27. The zero-order valence-electron chi connectivity index (χ0n) is 12.2. The van der Waals surface area contributed by atoms with Crippen molar-refractivity contribution in [1.29, 1.82) is 0 Å². The van der Waals surface area contributed by atoms with E-state index in [4.69, 9.17) is 0 Å². The van der Waals surface area contributed by atoms with Crippen LogP contribution < -0.4 is 0 Å². The van der Waals surface area contributed by atoms with Crippen molar-refractivity contribution in [3.63, 3.8) is 0 Å². The van der Waals surface area contributed by atoms with E-state index < -0.39 is 0 Å². The maximum atomic E-state index is 4.60. The summed E-state index contributed by atoms with van der Waals surface area (Å²) in [7, 11) is 0. The van der Waals surface area contributed by atoms with Crippen LogP contribution in [0.2, 0.25) is 0 Å². The second-order valence-corrected chi connectivity index (χ2v) is 5.33. The predicted octanol–water partition coefficient (Wildman–Crippen LogP) is 4.60. The molecule has 3 heteroatoms. The van der Waals surface area contributed by atoms with Gasteiger partial charge in [0.2, 0.25) is 0 Å². The lowest BCUT2D eigenvalue weighted by molar-refractivity contribution is 1.32. The van der Waals surface area contributed by atoms with Crippen LogP contribution in [0.15, 0.2) is 67.1 Å². The van der Waals surface area contributed by atoms with Gasteiger partial charge < -0.3 is 4.98 Å². The first kappa shape index (κ1) is 12.8. The van der Waals surface area contributed by atoms with Crippen LogP contribution in [0.4, 0.5) is 0 Å². The Morgan fingerprint density at radius 2 is 1.68 bits per heavy atom. The molecule has 0 aliphatic heterocycles. The molecule has 0 fully saturated rings. The molecule has 1 N–H and O–H groups in total. The number of fused-ring (bicyclic) bond motifs is 1. The van der Waals surface area contributed by atoms with E-state index in [9.17, 15) is 0 Å². The zero-order valence-corrected chi connectivity index (χ0v) is 12.2. The molecule has 3 heterocycles. The number of nitrogens with zero attached hydrogens (tertiary/aromatic N) is 2. The molecule has 3 aromatic heterocycles. The van der Waals surface area contributed by atoms with Crippen LogP contribution in [0.25, 0.3) is 33.4 Å². The molecule has 22 heavy (non-hydrogen) atoms. The van der Waals surface area contributed by atoms with Crippen LogP contribution in [0.5, 0.6) is 0 Å². The summed E-state index contributed by atoms with van der Waals surface area (Å²) in [5.41, 5.74) is 7.86. The molecule has 0 aliphatic rings. The molecule has 1 aromatic carbocycles. The lowest BCUT2D eigenvalue weighted by Crippen LogP contribution is -1.87. The van der Waals surface area contributed by atoms with Crippen LogP contribution in [0.3, 0.4) is 0 Å². The molecule has 0 bridgehead atoms. The molecule has 0 atom stereocenters. The van der Waals surface area contributed by atoms with E-state index in [2.05, 4.69) is 52.2 Å². The zero-order chi connectivity index (χ0) is 14.9. The second-order valence-electron chi connectivity index (χ2n) is 5.33. The number of benzene rings is 1. The van der Waals surface area contributed by atoms with E-state index >= 15 is 0 Å². The number of aromatic amines is 1. The Morgan fingerprint density at radius 3 is 2.50 bits per heavy atom. The summed E-state index contributed by atoms with van der Waals surface area (Å²) in [6, 6.07) is 16.5. The summed E-state index contributed by atoms with van der Waals surface area (Å²) in [5.74, 6) is 0. The molecule has 0 spiro atoms. The fourth-order valence-electron chi connectivity index (χ4n) is 2.87. The lowest BCUT2D eigenvalue weighted by Gasteiger charge is -2.08. The van der Waals surface area contributed by atoms with Gasteiger partial charge in [-0.3, -0.25) is 9.97 Å². The largest absolute Gasteiger partial charge is 0.353 e. The number of hydrogen-bond acceptors (Lipinski definition) is 2. The molecular weight excluding hydrogens is 270 g/mol. The first-order chi connectivity index (χ1) is 10.8. The summed E-state index contributed by atoms with van der Waals surface area (Å²) in [6.45, 7) is 2.13. The third-order valence-electron chi connectivity index (χ3n) is 3.94. The molecule has 0 amide bonds. The monoisotopic (exact) mass is 285 g/mol. The first-order valence-electron chi connectivity index (χ1n) is 7.27. The average molecular weight is 285 g/mol. The highest BCUT2D eigenvalue weighted by atomic mass is 14.8. The van der Waals surface area contributed by atoms with Crippen LogP contribution >= 0.6 is 0 Å². The van der Waals surface area contributed by atoms with Gasteiger partial charge in [-0.25, -0.2) is 0 Å². The standard InChI is InChI=1S/C19H15N3/c1-13-5-2-3-6-15(13)17-18(14-8-11-20-12-9-14)22-16-7-4-10-21-19(16)17/h2-12,22H,1H3. The number of aryl methyl sites for hydroxylation is 1. The van der Waals surface area contributed by atoms with E-state index in [0.29, 0.717) is 0 Å². The highest BCUT2D eigenvalue weighted by Crippen LogP contribution is 2.38. The van der Waals surface area contributed by atoms with E-state index in [1.807, 2.05) is 36.8 Å².